The molecule has 3 nitrogen and oxygen atoms in total. The topological polar surface area (TPSA) is 36.9 Å². The number of amides is 1. The van der Waals surface area contributed by atoms with Gasteiger partial charge in [-0.25, -0.2) is 0 Å². The normalized spacial score (nSPS) is 13.7. The average Bonchev–Trinajstić information content (AvgIpc) is 2.82. The van der Waals surface area contributed by atoms with Crippen LogP contribution in [0.5, 0.6) is 0 Å². The van der Waals surface area contributed by atoms with Gasteiger partial charge >= 0.3 is 0 Å². The number of benzene rings is 1. The van der Waals surface area contributed by atoms with Gasteiger partial charge in [-0.1, -0.05) is 31.5 Å². The maximum Gasteiger partial charge on any atom is 0.282 e. The molecule has 1 aromatic carbocycles. The van der Waals surface area contributed by atoms with Gasteiger partial charge in [-0.05, 0) is 30.9 Å². The Kier molecular flexibility index (Phi) is 4.76. The minimum atomic E-state index is 0.247. The average molecular weight is 247 g/mol. The van der Waals surface area contributed by atoms with Crippen molar-refractivity contribution in [3.8, 4) is 0 Å². The van der Waals surface area contributed by atoms with Crippen LogP contribution in [0.15, 0.2) is 24.3 Å². The molecule has 0 atom stereocenters. The molecule has 0 bridgehead atoms. The van der Waals surface area contributed by atoms with E-state index in [1.54, 1.807) is 0 Å². The lowest BCUT2D eigenvalue weighted by atomic mass is 10.2. The molecule has 2 N–H and O–H groups in total. The first-order valence-corrected chi connectivity index (χ1v) is 7.03. The van der Waals surface area contributed by atoms with Gasteiger partial charge in [-0.3, -0.25) is 4.79 Å². The van der Waals surface area contributed by atoms with Gasteiger partial charge in [0, 0.05) is 12.2 Å². The van der Waals surface area contributed by atoms with Gasteiger partial charge in [0.2, 0.25) is 0 Å². The number of rotatable bonds is 6. The third-order valence-corrected chi connectivity index (χ3v) is 3.52. The number of nitrogens with two attached hydrogens (primary N) is 1. The van der Waals surface area contributed by atoms with Crippen LogP contribution in [-0.2, 0) is 11.2 Å². The zero-order chi connectivity index (χ0) is 12.8. The molecule has 1 amide bonds. The van der Waals surface area contributed by atoms with Crippen LogP contribution in [-0.4, -0.2) is 25.5 Å². The second-order valence-corrected chi connectivity index (χ2v) is 4.91. The first kappa shape index (κ1) is 13.1. The quantitative estimate of drug-likeness (QED) is 0.757. The smallest absolute Gasteiger partial charge is 0.282 e. The van der Waals surface area contributed by atoms with Gasteiger partial charge in [0.25, 0.3) is 5.91 Å². The fourth-order valence-electron chi connectivity index (χ4n) is 2.47. The summed E-state index contributed by atoms with van der Waals surface area (Å²) in [6.45, 7) is 4.69. The lowest BCUT2D eigenvalue weighted by molar-refractivity contribution is -0.644. The van der Waals surface area contributed by atoms with Gasteiger partial charge < -0.3 is 10.2 Å². The number of para-hydroxylation sites is 1. The van der Waals surface area contributed by atoms with Gasteiger partial charge in [-0.15, -0.1) is 0 Å². The number of quaternary nitrogens is 1. The minimum absolute atomic E-state index is 0.247. The fourth-order valence-corrected chi connectivity index (χ4v) is 2.47. The van der Waals surface area contributed by atoms with Crippen LogP contribution in [0.1, 0.15) is 31.7 Å². The Bertz CT molecular complexity index is 403. The predicted molar refractivity (Wildman–Crippen MR) is 73.7 cm³/mol. The molecule has 1 aliphatic rings. The van der Waals surface area contributed by atoms with Crippen molar-refractivity contribution in [3.63, 3.8) is 0 Å². The number of anilines is 1. The van der Waals surface area contributed by atoms with E-state index in [2.05, 4.69) is 24.4 Å². The van der Waals surface area contributed by atoms with Crippen molar-refractivity contribution in [1.82, 2.24) is 0 Å². The fraction of sp³-hybridized carbons (Fsp3) is 0.533. The summed E-state index contributed by atoms with van der Waals surface area (Å²) in [5, 5.41) is 2.14. The van der Waals surface area contributed by atoms with E-state index in [1.807, 2.05) is 17.0 Å². The third kappa shape index (κ3) is 3.10. The molecule has 98 valence electrons. The highest BCUT2D eigenvalue weighted by Gasteiger charge is 2.24. The van der Waals surface area contributed by atoms with Gasteiger partial charge in [0.05, 0.1) is 6.54 Å². The molecule has 18 heavy (non-hydrogen) atoms. The Labute approximate surface area is 109 Å². The molecule has 1 heterocycles. The van der Waals surface area contributed by atoms with Crippen molar-refractivity contribution in [3.05, 3.63) is 29.8 Å². The van der Waals surface area contributed by atoms with Crippen molar-refractivity contribution >= 4 is 11.6 Å². The van der Waals surface area contributed by atoms with Crippen molar-refractivity contribution in [2.24, 2.45) is 0 Å². The second-order valence-electron chi connectivity index (χ2n) is 4.91. The van der Waals surface area contributed by atoms with Gasteiger partial charge in [0.15, 0.2) is 6.54 Å². The predicted octanol–water partition coefficient (Wildman–Crippen LogP) is 1.33. The zero-order valence-corrected chi connectivity index (χ0v) is 11.2. The van der Waals surface area contributed by atoms with Crippen LogP contribution in [0.25, 0.3) is 0 Å². The lowest BCUT2D eigenvalue weighted by Gasteiger charge is -2.16. The molecule has 2 rings (SSSR count). The van der Waals surface area contributed by atoms with E-state index in [4.69, 9.17) is 0 Å². The van der Waals surface area contributed by atoms with E-state index in [9.17, 15) is 4.79 Å². The Morgan fingerprint density at radius 3 is 3.00 bits per heavy atom. The summed E-state index contributed by atoms with van der Waals surface area (Å²) in [5.41, 5.74) is 2.42. The maximum absolute atomic E-state index is 12.1. The zero-order valence-electron chi connectivity index (χ0n) is 11.2. The summed E-state index contributed by atoms with van der Waals surface area (Å²) in [7, 11) is 0. The van der Waals surface area contributed by atoms with Crippen LogP contribution < -0.4 is 10.2 Å². The Balaban J connectivity index is 1.80. The van der Waals surface area contributed by atoms with Crippen molar-refractivity contribution in [2.75, 3.05) is 24.5 Å². The van der Waals surface area contributed by atoms with E-state index >= 15 is 0 Å². The van der Waals surface area contributed by atoms with Crippen LogP contribution >= 0.6 is 0 Å². The third-order valence-electron chi connectivity index (χ3n) is 3.52. The Hall–Kier alpha value is -1.35. The first-order valence-electron chi connectivity index (χ1n) is 7.03. The molecule has 0 spiro atoms. The number of fused-ring (bicyclic) bond motifs is 1. The molecule has 3 heteroatoms. The summed E-state index contributed by atoms with van der Waals surface area (Å²) in [5.74, 6) is 0.247. The van der Waals surface area contributed by atoms with E-state index in [-0.39, 0.29) is 5.91 Å². The van der Waals surface area contributed by atoms with Crippen molar-refractivity contribution < 1.29 is 10.1 Å². The number of unbranched alkanes of at least 4 members (excludes halogenated alkanes) is 2. The standard InChI is InChI=1S/C15H22N2O/c1-2-3-6-10-16-12-15(18)17-11-9-13-7-4-5-8-14(13)17/h4-5,7-8,16H,2-3,6,9-12H2,1H3/p+1. The number of hydrogen-bond acceptors (Lipinski definition) is 1. The number of hydrogen-bond donors (Lipinski definition) is 1. The molecule has 0 saturated heterocycles. The molecule has 1 aromatic rings. The van der Waals surface area contributed by atoms with Crippen LogP contribution in [0, 0.1) is 0 Å². The summed E-state index contributed by atoms with van der Waals surface area (Å²) in [4.78, 5) is 14.1. The van der Waals surface area contributed by atoms with Crippen LogP contribution in [0.4, 0.5) is 5.69 Å². The summed E-state index contributed by atoms with van der Waals surface area (Å²) >= 11 is 0. The van der Waals surface area contributed by atoms with Crippen molar-refractivity contribution in [2.45, 2.75) is 32.6 Å². The molecule has 0 aromatic heterocycles. The number of carbonyl (C=O) groups is 1. The number of carbonyl (C=O) groups excluding carboxylic acids is 1. The molecule has 0 saturated carbocycles. The van der Waals surface area contributed by atoms with Gasteiger partial charge in [-0.2, -0.15) is 0 Å². The summed E-state index contributed by atoms with van der Waals surface area (Å²) < 4.78 is 0. The SMILES string of the molecule is CCCCC[NH2+]CC(=O)N1CCc2ccccc21. The monoisotopic (exact) mass is 247 g/mol. The molecule has 1 aliphatic heterocycles. The molecular formula is C15H23N2O+. The van der Waals surface area contributed by atoms with E-state index < -0.39 is 0 Å². The molecule has 0 unspecified atom stereocenters. The van der Waals surface area contributed by atoms with Crippen LogP contribution in [0.3, 0.4) is 0 Å². The van der Waals surface area contributed by atoms with E-state index in [0.717, 1.165) is 25.2 Å². The highest BCUT2D eigenvalue weighted by Crippen LogP contribution is 2.26. The largest absolute Gasteiger partial charge is 0.338 e. The first-order chi connectivity index (χ1) is 8.83. The molecular weight excluding hydrogens is 224 g/mol. The highest BCUT2D eigenvalue weighted by molar-refractivity contribution is 5.96. The maximum atomic E-state index is 12.1. The highest BCUT2D eigenvalue weighted by atomic mass is 16.2. The number of nitrogens with zero attached hydrogens (tertiary/aromatic N) is 1. The van der Waals surface area contributed by atoms with Crippen molar-refractivity contribution in [1.29, 1.82) is 0 Å². The molecule has 0 fully saturated rings. The lowest BCUT2D eigenvalue weighted by Crippen LogP contribution is -2.86. The van der Waals surface area contributed by atoms with Crippen LogP contribution in [0.2, 0.25) is 0 Å². The summed E-state index contributed by atoms with van der Waals surface area (Å²) in [6.07, 6.45) is 4.70. The molecule has 0 radical (unpaired) electrons. The minimum Gasteiger partial charge on any atom is -0.338 e. The molecule has 0 aliphatic carbocycles. The van der Waals surface area contributed by atoms with E-state index in [1.165, 1.54) is 24.8 Å². The Morgan fingerprint density at radius 2 is 2.17 bits per heavy atom. The van der Waals surface area contributed by atoms with E-state index in [0.29, 0.717) is 6.54 Å². The second kappa shape index (κ2) is 6.55. The Morgan fingerprint density at radius 1 is 1.33 bits per heavy atom. The van der Waals surface area contributed by atoms with Gasteiger partial charge in [0.1, 0.15) is 0 Å². The summed E-state index contributed by atoms with van der Waals surface area (Å²) in [6, 6.07) is 8.23.